The number of esters is 3. The van der Waals surface area contributed by atoms with Crippen LogP contribution in [0.5, 0.6) is 0 Å². The molecule has 0 aromatic carbocycles. The lowest BCUT2D eigenvalue weighted by molar-refractivity contribution is -0.141. The minimum absolute atomic E-state index is 0.0868. The van der Waals surface area contributed by atoms with Gasteiger partial charge in [-0.05, 0) is 25.7 Å². The van der Waals surface area contributed by atoms with E-state index in [1.54, 1.807) is 0 Å². The Morgan fingerprint density at radius 1 is 0.408 bits per heavy atom. The van der Waals surface area contributed by atoms with Crippen LogP contribution in [0.15, 0.2) is 0 Å². The number of hydrogen-bond acceptors (Lipinski definition) is 6. The number of carbonyl (C=O) groups excluding carboxylic acids is 3. The number of carbonyl (C=O) groups is 3. The number of rotatable bonds is 35. The Morgan fingerprint density at radius 3 is 0.939 bits per heavy atom. The largest absolute Gasteiger partial charge is 0.469 e. The molecule has 6 nitrogen and oxygen atoms in total. The quantitative estimate of drug-likeness (QED) is 0.0217. The lowest BCUT2D eigenvalue weighted by Gasteiger charge is -2.35. The van der Waals surface area contributed by atoms with Gasteiger partial charge in [0.2, 0.25) is 0 Å². The molecule has 49 heavy (non-hydrogen) atoms. The van der Waals surface area contributed by atoms with Crippen molar-refractivity contribution in [3.63, 3.8) is 0 Å². The zero-order valence-corrected chi connectivity index (χ0v) is 32.9. The third kappa shape index (κ3) is 31.7. The smallest absolute Gasteiger partial charge is 0.305 e. The van der Waals surface area contributed by atoms with Crippen LogP contribution in [0.4, 0.5) is 0 Å². The van der Waals surface area contributed by atoms with Crippen molar-refractivity contribution in [3.8, 4) is 11.7 Å². The second kappa shape index (κ2) is 35.8. The Kier molecular flexibility index (Phi) is 34.4. The Hall–Kier alpha value is -1.97. The lowest BCUT2D eigenvalue weighted by atomic mass is 9.19. The lowest BCUT2D eigenvalue weighted by Crippen LogP contribution is -2.32. The van der Waals surface area contributed by atoms with E-state index in [1.165, 1.54) is 169 Å². The van der Waals surface area contributed by atoms with Gasteiger partial charge in [-0.3, -0.25) is 14.4 Å². The Labute approximate surface area is 303 Å². The summed E-state index contributed by atoms with van der Waals surface area (Å²) in [7, 11) is 4.41. The van der Waals surface area contributed by atoms with E-state index in [1.807, 2.05) is 0 Å². The van der Waals surface area contributed by atoms with Gasteiger partial charge >= 0.3 is 17.9 Å². The van der Waals surface area contributed by atoms with Gasteiger partial charge in [-0.25, -0.2) is 0 Å². The van der Waals surface area contributed by atoms with Gasteiger partial charge in [0.1, 0.15) is 0 Å². The molecule has 0 amide bonds. The molecular formula is C42H78BO6-. The molecule has 0 radical (unpaired) electrons. The summed E-state index contributed by atoms with van der Waals surface area (Å²) in [6, 6.07) is 0. The second-order valence-corrected chi connectivity index (χ2v) is 14.7. The second-order valence-electron chi connectivity index (χ2n) is 14.7. The summed E-state index contributed by atoms with van der Waals surface area (Å²) in [4.78, 5) is 33.9. The van der Waals surface area contributed by atoms with Crippen molar-refractivity contribution < 1.29 is 28.6 Å². The van der Waals surface area contributed by atoms with Crippen LogP contribution < -0.4 is 0 Å². The van der Waals surface area contributed by atoms with Crippen molar-refractivity contribution in [2.24, 2.45) is 0 Å². The third-order valence-corrected chi connectivity index (χ3v) is 10.4. The van der Waals surface area contributed by atoms with Gasteiger partial charge in [0.15, 0.2) is 0 Å². The molecule has 0 saturated heterocycles. The summed E-state index contributed by atoms with van der Waals surface area (Å²) in [6.07, 6.45) is 37.7. The topological polar surface area (TPSA) is 78.9 Å². The van der Waals surface area contributed by atoms with E-state index >= 15 is 0 Å². The molecule has 0 spiro atoms. The first-order valence-corrected chi connectivity index (χ1v) is 20.8. The Morgan fingerprint density at radius 2 is 0.673 bits per heavy atom. The van der Waals surface area contributed by atoms with E-state index in [9.17, 15) is 14.4 Å². The standard InChI is InChI=1S/C42H78BO6/c1-5-6-7-29-36-43(37-30-23-17-11-8-14-20-26-33-40(44)47-2,38-31-24-18-12-9-15-21-27-34-41(45)48-3)39-32-25-19-13-10-16-22-28-35-42(46)49-4/h5-28,30-35,37-39H2,1-4H3/q-1. The molecule has 0 heterocycles. The summed E-state index contributed by atoms with van der Waals surface area (Å²) < 4.78 is 14.2. The molecule has 0 bridgehead atoms. The van der Waals surface area contributed by atoms with Crippen molar-refractivity contribution >= 4 is 24.1 Å². The van der Waals surface area contributed by atoms with Gasteiger partial charge in [0.25, 0.3) is 0 Å². The van der Waals surface area contributed by atoms with Crippen LogP contribution in [-0.2, 0) is 28.6 Å². The molecule has 0 aliphatic heterocycles. The Bertz CT molecular complexity index is 760. The maximum absolute atomic E-state index is 11.3. The third-order valence-electron chi connectivity index (χ3n) is 10.4. The van der Waals surface area contributed by atoms with Gasteiger partial charge < -0.3 is 20.0 Å². The van der Waals surface area contributed by atoms with Crippen LogP contribution >= 0.6 is 0 Å². The maximum Gasteiger partial charge on any atom is 0.305 e. The van der Waals surface area contributed by atoms with Crippen LogP contribution in [0, 0.1) is 11.7 Å². The molecule has 7 heteroatoms. The van der Waals surface area contributed by atoms with Crippen molar-refractivity contribution in [3.05, 3.63) is 0 Å². The number of methoxy groups -OCH3 is 3. The van der Waals surface area contributed by atoms with E-state index in [2.05, 4.69) is 18.7 Å². The fourth-order valence-corrected chi connectivity index (χ4v) is 7.10. The molecule has 0 aromatic heterocycles. The molecule has 0 aromatic rings. The Balaban J connectivity index is 4.79. The predicted octanol–water partition coefficient (Wildman–Crippen LogP) is 12.2. The molecule has 0 rings (SSSR count). The highest BCUT2D eigenvalue weighted by Gasteiger charge is 2.21. The van der Waals surface area contributed by atoms with Crippen LogP contribution in [0.25, 0.3) is 0 Å². The highest BCUT2D eigenvalue weighted by molar-refractivity contribution is 6.87. The molecule has 286 valence electrons. The first-order chi connectivity index (χ1) is 23.9. The number of unbranched alkanes of at least 4 members (excludes halogenated alkanes) is 23. The predicted molar refractivity (Wildman–Crippen MR) is 208 cm³/mol. The van der Waals surface area contributed by atoms with Crippen molar-refractivity contribution in [1.29, 1.82) is 0 Å². The van der Waals surface area contributed by atoms with E-state index in [4.69, 9.17) is 14.2 Å². The fourth-order valence-electron chi connectivity index (χ4n) is 7.10. The van der Waals surface area contributed by atoms with Crippen LogP contribution in [0.1, 0.15) is 200 Å². The summed E-state index contributed by atoms with van der Waals surface area (Å²) in [5, 5.41) is 0. The average Bonchev–Trinajstić information content (AvgIpc) is 3.11. The first kappa shape index (κ1) is 47.0. The average molecular weight is 690 g/mol. The molecule has 0 N–H and O–H groups in total. The van der Waals surface area contributed by atoms with Gasteiger partial charge in [-0.15, -0.1) is 0 Å². The summed E-state index contributed by atoms with van der Waals surface area (Å²) in [6.45, 7) is 2.26. The molecule has 0 aliphatic rings. The molecule has 0 unspecified atom stereocenters. The fraction of sp³-hybridized carbons (Fsp3) is 0.881. The van der Waals surface area contributed by atoms with Crippen LogP contribution in [0.3, 0.4) is 0 Å². The zero-order valence-electron chi connectivity index (χ0n) is 32.9. The SMILES string of the molecule is CCCCC#C[B-](CCCCCCCCCCC(=O)OC)(CCCCCCCCCCC(=O)OC)CCCCCCCCCCC(=O)OC. The van der Waals surface area contributed by atoms with E-state index in [-0.39, 0.29) is 17.9 Å². The van der Waals surface area contributed by atoms with E-state index in [0.717, 1.165) is 44.9 Å². The van der Waals surface area contributed by atoms with Gasteiger partial charge in [0, 0.05) is 25.7 Å². The molecule has 0 saturated carbocycles. The minimum atomic E-state index is -0.644. The van der Waals surface area contributed by atoms with Crippen LogP contribution in [-0.4, -0.2) is 45.4 Å². The highest BCUT2D eigenvalue weighted by atomic mass is 16.5. The number of hydrogen-bond donors (Lipinski definition) is 0. The monoisotopic (exact) mass is 690 g/mol. The first-order valence-electron chi connectivity index (χ1n) is 20.8. The molecular weight excluding hydrogens is 611 g/mol. The minimum Gasteiger partial charge on any atom is -0.469 e. The maximum atomic E-state index is 11.3. The van der Waals surface area contributed by atoms with Crippen LogP contribution in [0.2, 0.25) is 19.0 Å². The normalized spacial score (nSPS) is 11.2. The van der Waals surface area contributed by atoms with Crippen molar-refractivity contribution in [2.45, 2.75) is 219 Å². The summed E-state index contributed by atoms with van der Waals surface area (Å²) >= 11 is 0. The number of ether oxygens (including phenoxy) is 3. The van der Waals surface area contributed by atoms with Crippen molar-refractivity contribution in [1.82, 2.24) is 0 Å². The van der Waals surface area contributed by atoms with E-state index < -0.39 is 6.15 Å². The molecule has 0 atom stereocenters. The van der Waals surface area contributed by atoms with E-state index in [0.29, 0.717) is 19.3 Å². The molecule has 0 aliphatic carbocycles. The van der Waals surface area contributed by atoms with Crippen molar-refractivity contribution in [2.75, 3.05) is 21.3 Å². The summed E-state index contributed by atoms with van der Waals surface area (Å²) in [5.41, 5.74) is 0. The van der Waals surface area contributed by atoms with Gasteiger partial charge in [-0.1, -0.05) is 148 Å². The molecule has 0 fully saturated rings. The zero-order chi connectivity index (χ0) is 36.1. The summed E-state index contributed by atoms with van der Waals surface area (Å²) in [5.74, 6) is 7.41. The highest BCUT2D eigenvalue weighted by Crippen LogP contribution is 2.30. The van der Waals surface area contributed by atoms with Gasteiger partial charge in [0.05, 0.1) is 27.5 Å². The van der Waals surface area contributed by atoms with Gasteiger partial charge in [-0.2, -0.15) is 24.9 Å².